The van der Waals surface area contributed by atoms with Gasteiger partial charge in [0.1, 0.15) is 11.2 Å². The lowest BCUT2D eigenvalue weighted by Gasteiger charge is -2.04. The largest absolute Gasteiger partial charge is 0.456 e. The number of aromatic nitrogens is 2. The number of carbonyl (C=O) groups is 1. The van der Waals surface area contributed by atoms with Crippen LogP contribution in [-0.4, -0.2) is 16.0 Å². The van der Waals surface area contributed by atoms with Gasteiger partial charge in [-0.05, 0) is 31.5 Å². The number of amides is 1. The van der Waals surface area contributed by atoms with Crippen LogP contribution in [0.15, 0.2) is 51.4 Å². The first-order valence-electron chi connectivity index (χ1n) is 8.19. The topological polar surface area (TPSA) is 81.2 Å². The third kappa shape index (κ3) is 3.24. The van der Waals surface area contributed by atoms with E-state index in [1.807, 2.05) is 42.5 Å². The van der Waals surface area contributed by atoms with Gasteiger partial charge in [0, 0.05) is 35.4 Å². The maximum atomic E-state index is 12.1. The summed E-state index contributed by atoms with van der Waals surface area (Å²) in [7, 11) is 0. The van der Waals surface area contributed by atoms with Crippen molar-refractivity contribution in [1.82, 2.24) is 10.1 Å². The molecule has 25 heavy (non-hydrogen) atoms. The molecule has 0 saturated heterocycles. The molecule has 0 aliphatic rings. The van der Waals surface area contributed by atoms with Crippen LogP contribution in [0.1, 0.15) is 24.6 Å². The van der Waals surface area contributed by atoms with E-state index in [0.29, 0.717) is 31.0 Å². The highest BCUT2D eigenvalue weighted by Gasteiger charge is 2.09. The second-order valence-electron chi connectivity index (χ2n) is 5.95. The zero-order chi connectivity index (χ0) is 17.2. The molecule has 0 bridgehead atoms. The van der Waals surface area contributed by atoms with Crippen molar-refractivity contribution in [3.8, 4) is 0 Å². The van der Waals surface area contributed by atoms with Crippen molar-refractivity contribution in [3.05, 3.63) is 54.2 Å². The van der Waals surface area contributed by atoms with E-state index in [1.54, 1.807) is 6.92 Å². The number of benzene rings is 2. The van der Waals surface area contributed by atoms with Crippen molar-refractivity contribution in [1.29, 1.82) is 0 Å². The Morgan fingerprint density at radius 2 is 1.96 bits per heavy atom. The van der Waals surface area contributed by atoms with Crippen LogP contribution in [-0.2, 0) is 11.2 Å². The maximum Gasteiger partial charge on any atom is 0.226 e. The molecule has 2 heterocycles. The van der Waals surface area contributed by atoms with Crippen molar-refractivity contribution in [3.63, 3.8) is 0 Å². The van der Waals surface area contributed by atoms with Gasteiger partial charge >= 0.3 is 0 Å². The van der Waals surface area contributed by atoms with Crippen molar-refractivity contribution in [2.45, 2.75) is 26.2 Å². The molecule has 1 N–H and O–H groups in total. The number of carbonyl (C=O) groups excluding carboxylic acids is 1. The molecular weight excluding hydrogens is 318 g/mol. The van der Waals surface area contributed by atoms with Gasteiger partial charge in [0.25, 0.3) is 0 Å². The van der Waals surface area contributed by atoms with Gasteiger partial charge in [-0.1, -0.05) is 23.4 Å². The zero-order valence-corrected chi connectivity index (χ0v) is 13.8. The van der Waals surface area contributed by atoms with E-state index >= 15 is 0 Å². The highest BCUT2D eigenvalue weighted by Crippen LogP contribution is 2.30. The summed E-state index contributed by atoms with van der Waals surface area (Å²) in [5.41, 5.74) is 2.33. The van der Waals surface area contributed by atoms with Crippen LogP contribution < -0.4 is 5.32 Å². The summed E-state index contributed by atoms with van der Waals surface area (Å²) in [5, 5.41) is 8.75. The van der Waals surface area contributed by atoms with Gasteiger partial charge in [-0.2, -0.15) is 4.98 Å². The number of para-hydroxylation sites is 1. The quantitative estimate of drug-likeness (QED) is 0.590. The van der Waals surface area contributed by atoms with Crippen LogP contribution in [0.2, 0.25) is 0 Å². The Bertz CT molecular complexity index is 1050. The molecule has 1 amide bonds. The number of hydrogen-bond acceptors (Lipinski definition) is 5. The SMILES string of the molecule is Cc1noc(CCCC(=O)Nc2ccc3c(c2)oc2ccccc23)n1. The first-order valence-corrected chi connectivity index (χ1v) is 8.19. The van der Waals surface area contributed by atoms with Gasteiger partial charge in [-0.3, -0.25) is 4.79 Å². The maximum absolute atomic E-state index is 12.1. The number of hydrogen-bond donors (Lipinski definition) is 1. The second-order valence-corrected chi connectivity index (χ2v) is 5.95. The lowest BCUT2D eigenvalue weighted by molar-refractivity contribution is -0.116. The predicted octanol–water partition coefficient (Wildman–Crippen LogP) is 4.24. The second kappa shape index (κ2) is 6.39. The summed E-state index contributed by atoms with van der Waals surface area (Å²) in [6.07, 6.45) is 1.64. The summed E-state index contributed by atoms with van der Waals surface area (Å²) in [4.78, 5) is 16.2. The molecule has 0 radical (unpaired) electrons. The minimum Gasteiger partial charge on any atom is -0.456 e. The predicted molar refractivity (Wildman–Crippen MR) is 94.3 cm³/mol. The van der Waals surface area contributed by atoms with Crippen molar-refractivity contribution < 1.29 is 13.7 Å². The normalized spacial score (nSPS) is 11.2. The molecule has 2 aromatic carbocycles. The summed E-state index contributed by atoms with van der Waals surface area (Å²) in [6.45, 7) is 1.77. The van der Waals surface area contributed by atoms with E-state index in [2.05, 4.69) is 15.5 Å². The molecule has 4 rings (SSSR count). The Labute approximate surface area is 143 Å². The molecule has 0 fully saturated rings. The van der Waals surface area contributed by atoms with Crippen molar-refractivity contribution in [2.24, 2.45) is 0 Å². The molecule has 0 aliphatic heterocycles. The Hall–Kier alpha value is -3.15. The Balaban J connectivity index is 1.41. The smallest absolute Gasteiger partial charge is 0.226 e. The summed E-state index contributed by atoms with van der Waals surface area (Å²) >= 11 is 0. The lowest BCUT2D eigenvalue weighted by Crippen LogP contribution is -2.11. The van der Waals surface area contributed by atoms with Gasteiger partial charge in [0.2, 0.25) is 11.8 Å². The van der Waals surface area contributed by atoms with Crippen LogP contribution in [0, 0.1) is 6.92 Å². The number of furan rings is 1. The van der Waals surface area contributed by atoms with E-state index in [-0.39, 0.29) is 5.91 Å². The van der Waals surface area contributed by atoms with Crippen LogP contribution in [0.3, 0.4) is 0 Å². The minimum absolute atomic E-state index is 0.0494. The van der Waals surface area contributed by atoms with Crippen LogP contribution in [0.4, 0.5) is 5.69 Å². The molecule has 6 heteroatoms. The van der Waals surface area contributed by atoms with Gasteiger partial charge in [-0.25, -0.2) is 0 Å². The molecule has 4 aromatic rings. The van der Waals surface area contributed by atoms with Crippen LogP contribution in [0.5, 0.6) is 0 Å². The number of fused-ring (bicyclic) bond motifs is 3. The van der Waals surface area contributed by atoms with E-state index in [1.165, 1.54) is 0 Å². The standard InChI is InChI=1S/C19H17N3O3/c1-12-20-19(25-22-12)8-4-7-18(23)21-13-9-10-15-14-5-2-3-6-16(14)24-17(15)11-13/h2-3,5-6,9-11H,4,7-8H2,1H3,(H,21,23). The third-order valence-electron chi connectivity index (χ3n) is 4.03. The zero-order valence-electron chi connectivity index (χ0n) is 13.8. The van der Waals surface area contributed by atoms with Gasteiger partial charge < -0.3 is 14.3 Å². The summed E-state index contributed by atoms with van der Waals surface area (Å²) in [6, 6.07) is 13.6. The number of nitrogens with one attached hydrogen (secondary N) is 1. The van der Waals surface area contributed by atoms with Crippen LogP contribution in [0.25, 0.3) is 21.9 Å². The van der Waals surface area contributed by atoms with E-state index in [0.717, 1.165) is 27.6 Å². The average molecular weight is 335 g/mol. The van der Waals surface area contributed by atoms with E-state index in [4.69, 9.17) is 8.94 Å². The highest BCUT2D eigenvalue weighted by molar-refractivity contribution is 6.06. The summed E-state index contributed by atoms with van der Waals surface area (Å²) in [5.74, 6) is 1.12. The molecule has 0 spiro atoms. The first-order chi connectivity index (χ1) is 12.2. The molecule has 0 unspecified atom stereocenters. The minimum atomic E-state index is -0.0494. The average Bonchev–Trinajstić information content (AvgIpc) is 3.17. The summed E-state index contributed by atoms with van der Waals surface area (Å²) < 4.78 is 10.9. The monoisotopic (exact) mass is 335 g/mol. The van der Waals surface area contributed by atoms with Crippen molar-refractivity contribution >= 4 is 33.5 Å². The molecular formula is C19H17N3O3. The fraction of sp³-hybridized carbons (Fsp3) is 0.211. The first kappa shape index (κ1) is 15.4. The molecule has 6 nitrogen and oxygen atoms in total. The van der Waals surface area contributed by atoms with Crippen molar-refractivity contribution in [2.75, 3.05) is 5.32 Å². The highest BCUT2D eigenvalue weighted by atomic mass is 16.5. The Morgan fingerprint density at radius 1 is 1.12 bits per heavy atom. The van der Waals surface area contributed by atoms with Crippen LogP contribution >= 0.6 is 0 Å². The Morgan fingerprint density at radius 3 is 2.80 bits per heavy atom. The molecule has 2 aromatic heterocycles. The fourth-order valence-corrected chi connectivity index (χ4v) is 2.87. The molecule has 0 aliphatic carbocycles. The lowest BCUT2D eigenvalue weighted by atomic mass is 10.1. The number of rotatable bonds is 5. The number of nitrogens with zero attached hydrogens (tertiary/aromatic N) is 2. The molecule has 126 valence electrons. The molecule has 0 atom stereocenters. The Kier molecular flexibility index (Phi) is 3.93. The fourth-order valence-electron chi connectivity index (χ4n) is 2.87. The van der Waals surface area contributed by atoms with Gasteiger partial charge in [0.15, 0.2) is 5.82 Å². The van der Waals surface area contributed by atoms with E-state index < -0.39 is 0 Å². The number of aryl methyl sites for hydroxylation is 2. The number of anilines is 1. The van der Waals surface area contributed by atoms with Gasteiger partial charge in [0.05, 0.1) is 0 Å². The van der Waals surface area contributed by atoms with E-state index in [9.17, 15) is 4.79 Å². The molecule has 0 saturated carbocycles. The third-order valence-corrected chi connectivity index (χ3v) is 4.03. The van der Waals surface area contributed by atoms with Gasteiger partial charge in [-0.15, -0.1) is 0 Å².